The Morgan fingerprint density at radius 3 is 2.39 bits per heavy atom. The Labute approximate surface area is 139 Å². The lowest BCUT2D eigenvalue weighted by Gasteiger charge is -2.29. The topological polar surface area (TPSA) is 69.7 Å². The lowest BCUT2D eigenvalue weighted by molar-refractivity contribution is -0.120. The van der Waals surface area contributed by atoms with Gasteiger partial charge in [0.1, 0.15) is 6.54 Å². The number of amides is 1. The van der Waals surface area contributed by atoms with E-state index < -0.39 is 10.2 Å². The van der Waals surface area contributed by atoms with Crippen LogP contribution in [0.4, 0.5) is 5.69 Å². The Morgan fingerprint density at radius 2 is 1.87 bits per heavy atom. The van der Waals surface area contributed by atoms with Gasteiger partial charge in [-0.1, -0.05) is 19.1 Å². The fourth-order valence-electron chi connectivity index (χ4n) is 2.03. The van der Waals surface area contributed by atoms with Crippen molar-refractivity contribution in [2.24, 2.45) is 0 Å². The minimum atomic E-state index is -3.76. The second kappa shape index (κ2) is 7.79. The number of hydrogen-bond acceptors (Lipinski definition) is 3. The highest BCUT2D eigenvalue weighted by Crippen LogP contribution is 2.25. The molecule has 1 N–H and O–H groups in total. The number of rotatable bonds is 7. The zero-order chi connectivity index (χ0) is 17.8. The summed E-state index contributed by atoms with van der Waals surface area (Å²) in [7, 11) is -0.846. The van der Waals surface area contributed by atoms with E-state index in [1.165, 1.54) is 14.1 Å². The van der Waals surface area contributed by atoms with Gasteiger partial charge in [-0.25, -0.2) is 4.31 Å². The van der Waals surface area contributed by atoms with Crippen LogP contribution in [0.5, 0.6) is 0 Å². The number of aryl methyl sites for hydroxylation is 2. The molecule has 0 heterocycles. The van der Waals surface area contributed by atoms with Gasteiger partial charge in [0.25, 0.3) is 0 Å². The number of benzene rings is 1. The molecule has 0 radical (unpaired) electrons. The van der Waals surface area contributed by atoms with Crippen molar-refractivity contribution in [3.05, 3.63) is 29.3 Å². The maximum atomic E-state index is 12.7. The minimum Gasteiger partial charge on any atom is -0.352 e. The van der Waals surface area contributed by atoms with E-state index in [9.17, 15) is 13.2 Å². The van der Waals surface area contributed by atoms with Crippen LogP contribution in [0.3, 0.4) is 0 Å². The number of anilines is 1. The Kier molecular flexibility index (Phi) is 6.58. The van der Waals surface area contributed by atoms with E-state index in [1.54, 1.807) is 6.07 Å². The van der Waals surface area contributed by atoms with E-state index in [2.05, 4.69) is 5.32 Å². The summed E-state index contributed by atoms with van der Waals surface area (Å²) in [5, 5.41) is 2.81. The summed E-state index contributed by atoms with van der Waals surface area (Å²) in [4.78, 5) is 12.2. The second-order valence-electron chi connectivity index (χ2n) is 5.96. The van der Waals surface area contributed by atoms with Gasteiger partial charge in [0.05, 0.1) is 5.69 Å². The molecule has 1 aromatic rings. The molecular weight excluding hydrogens is 314 g/mol. The SMILES string of the molecule is CC[C@@H](C)NC(=O)CN(c1cc(C)ccc1C)S(=O)(=O)N(C)C. The van der Waals surface area contributed by atoms with Crippen molar-refractivity contribution in [3.8, 4) is 0 Å². The molecule has 0 fully saturated rings. The smallest absolute Gasteiger partial charge is 0.304 e. The summed E-state index contributed by atoms with van der Waals surface area (Å²) >= 11 is 0. The van der Waals surface area contributed by atoms with E-state index in [0.29, 0.717) is 5.69 Å². The van der Waals surface area contributed by atoms with Crippen molar-refractivity contribution in [2.75, 3.05) is 24.9 Å². The van der Waals surface area contributed by atoms with Gasteiger partial charge in [-0.3, -0.25) is 4.79 Å². The molecule has 0 aromatic heterocycles. The van der Waals surface area contributed by atoms with Crippen molar-refractivity contribution < 1.29 is 13.2 Å². The van der Waals surface area contributed by atoms with Gasteiger partial charge >= 0.3 is 10.2 Å². The van der Waals surface area contributed by atoms with Crippen molar-refractivity contribution >= 4 is 21.8 Å². The fourth-order valence-corrected chi connectivity index (χ4v) is 3.15. The molecule has 130 valence electrons. The number of nitrogens with one attached hydrogen (secondary N) is 1. The van der Waals surface area contributed by atoms with Gasteiger partial charge in [-0.05, 0) is 44.4 Å². The first-order chi connectivity index (χ1) is 10.6. The largest absolute Gasteiger partial charge is 0.352 e. The van der Waals surface area contributed by atoms with Gasteiger partial charge in [-0.2, -0.15) is 12.7 Å². The average Bonchev–Trinajstić information content (AvgIpc) is 2.47. The molecule has 0 aliphatic heterocycles. The number of nitrogens with zero attached hydrogens (tertiary/aromatic N) is 2. The van der Waals surface area contributed by atoms with Crippen LogP contribution in [-0.2, 0) is 15.0 Å². The molecule has 0 unspecified atom stereocenters. The molecule has 0 saturated carbocycles. The van der Waals surface area contributed by atoms with E-state index in [0.717, 1.165) is 26.2 Å². The summed E-state index contributed by atoms with van der Waals surface area (Å²) in [6.07, 6.45) is 0.787. The van der Waals surface area contributed by atoms with E-state index >= 15 is 0 Å². The highest BCUT2D eigenvalue weighted by atomic mass is 32.2. The summed E-state index contributed by atoms with van der Waals surface area (Å²) in [5.74, 6) is -0.314. The van der Waals surface area contributed by atoms with Gasteiger partial charge in [0, 0.05) is 20.1 Å². The molecule has 0 bridgehead atoms. The molecule has 0 saturated heterocycles. The van der Waals surface area contributed by atoms with Gasteiger partial charge < -0.3 is 5.32 Å². The number of hydrogen-bond donors (Lipinski definition) is 1. The molecule has 1 amide bonds. The maximum absolute atomic E-state index is 12.7. The summed E-state index contributed by atoms with van der Waals surface area (Å²) in [6.45, 7) is 7.34. The van der Waals surface area contributed by atoms with Crippen LogP contribution >= 0.6 is 0 Å². The average molecular weight is 341 g/mol. The zero-order valence-electron chi connectivity index (χ0n) is 14.8. The summed E-state index contributed by atoms with van der Waals surface area (Å²) in [6, 6.07) is 5.56. The Bertz CT molecular complexity index is 657. The quantitative estimate of drug-likeness (QED) is 0.822. The zero-order valence-corrected chi connectivity index (χ0v) is 15.6. The van der Waals surface area contributed by atoms with Crippen LogP contribution < -0.4 is 9.62 Å². The maximum Gasteiger partial charge on any atom is 0.304 e. The lowest BCUT2D eigenvalue weighted by atomic mass is 10.1. The highest BCUT2D eigenvalue weighted by Gasteiger charge is 2.28. The first-order valence-corrected chi connectivity index (χ1v) is 9.06. The molecule has 0 aliphatic carbocycles. The van der Waals surface area contributed by atoms with Gasteiger partial charge in [0.2, 0.25) is 5.91 Å². The van der Waals surface area contributed by atoms with E-state index in [1.807, 2.05) is 39.8 Å². The van der Waals surface area contributed by atoms with Crippen LogP contribution in [0.15, 0.2) is 18.2 Å². The fraction of sp³-hybridized carbons (Fsp3) is 0.562. The molecule has 0 aliphatic rings. The van der Waals surface area contributed by atoms with Crippen LogP contribution in [0.1, 0.15) is 31.4 Å². The molecule has 0 spiro atoms. The molecule has 1 aromatic carbocycles. The third-order valence-corrected chi connectivity index (χ3v) is 5.49. The normalized spacial score (nSPS) is 13.0. The Balaban J connectivity index is 3.24. The van der Waals surface area contributed by atoms with Crippen LogP contribution in [0.25, 0.3) is 0 Å². The van der Waals surface area contributed by atoms with E-state index in [4.69, 9.17) is 0 Å². The lowest BCUT2D eigenvalue weighted by Crippen LogP contribution is -2.47. The molecule has 7 heteroatoms. The summed E-state index contributed by atoms with van der Waals surface area (Å²) in [5.41, 5.74) is 2.27. The molecule has 1 rings (SSSR count). The monoisotopic (exact) mass is 341 g/mol. The standard InChI is InChI=1S/C16H27N3O3S/c1-7-14(4)17-16(20)11-19(23(21,22)18(5)6)15-10-12(2)8-9-13(15)3/h8-10,14H,7,11H2,1-6H3,(H,17,20)/t14-/m1/s1. The molecule has 23 heavy (non-hydrogen) atoms. The van der Waals surface area contributed by atoms with Crippen molar-refractivity contribution in [1.82, 2.24) is 9.62 Å². The first-order valence-electron chi connectivity index (χ1n) is 7.66. The van der Waals surface area contributed by atoms with Crippen LogP contribution in [0, 0.1) is 13.8 Å². The van der Waals surface area contributed by atoms with Crippen molar-refractivity contribution in [1.29, 1.82) is 0 Å². The third-order valence-electron chi connectivity index (χ3n) is 3.68. The third kappa shape index (κ3) is 4.94. The minimum absolute atomic E-state index is 0.00465. The Morgan fingerprint density at radius 1 is 1.26 bits per heavy atom. The second-order valence-corrected chi connectivity index (χ2v) is 8.03. The number of carbonyl (C=O) groups excluding carboxylic acids is 1. The van der Waals surface area contributed by atoms with Gasteiger partial charge in [0.15, 0.2) is 0 Å². The predicted molar refractivity (Wildman–Crippen MR) is 93.8 cm³/mol. The van der Waals surface area contributed by atoms with Crippen LogP contribution in [0.2, 0.25) is 0 Å². The van der Waals surface area contributed by atoms with Crippen molar-refractivity contribution in [2.45, 2.75) is 40.2 Å². The molecular formula is C16H27N3O3S. The first kappa shape index (κ1) is 19.4. The Hall–Kier alpha value is -1.60. The molecule has 1 atom stereocenters. The van der Waals surface area contributed by atoms with Crippen molar-refractivity contribution in [3.63, 3.8) is 0 Å². The van der Waals surface area contributed by atoms with Crippen LogP contribution in [-0.4, -0.2) is 45.3 Å². The highest BCUT2D eigenvalue weighted by molar-refractivity contribution is 7.90. The van der Waals surface area contributed by atoms with E-state index in [-0.39, 0.29) is 18.5 Å². The predicted octanol–water partition coefficient (Wildman–Crippen LogP) is 1.83. The molecule has 6 nitrogen and oxygen atoms in total. The number of carbonyl (C=O) groups is 1. The van der Waals surface area contributed by atoms with Gasteiger partial charge in [-0.15, -0.1) is 0 Å². The summed E-state index contributed by atoms with van der Waals surface area (Å²) < 4.78 is 27.6.